The summed E-state index contributed by atoms with van der Waals surface area (Å²) in [4.78, 5) is 34.4. The quantitative estimate of drug-likeness (QED) is 0.687. The molecule has 150 valence electrons. The smallest absolute Gasteiger partial charge is 0.270 e. The molecule has 2 aromatic heterocycles. The van der Waals surface area contributed by atoms with Crippen molar-refractivity contribution >= 4 is 11.6 Å². The Balaban J connectivity index is 1.44. The van der Waals surface area contributed by atoms with Gasteiger partial charge in [0.15, 0.2) is 0 Å². The van der Waals surface area contributed by atoms with Crippen LogP contribution in [0.4, 0.5) is 0 Å². The van der Waals surface area contributed by atoms with Crippen molar-refractivity contribution in [2.75, 3.05) is 20.1 Å². The third kappa shape index (κ3) is 3.93. The summed E-state index contributed by atoms with van der Waals surface area (Å²) in [6.07, 6.45) is 4.89. The highest BCUT2D eigenvalue weighted by Crippen LogP contribution is 2.19. The van der Waals surface area contributed by atoms with Gasteiger partial charge in [-0.15, -0.1) is 0 Å². The number of aromatic nitrogens is 2. The van der Waals surface area contributed by atoms with E-state index in [0.717, 1.165) is 38.0 Å². The minimum Gasteiger partial charge on any atom is -0.338 e. The van der Waals surface area contributed by atoms with Crippen molar-refractivity contribution in [2.45, 2.75) is 32.4 Å². The Morgan fingerprint density at radius 1 is 1.14 bits per heavy atom. The van der Waals surface area contributed by atoms with E-state index >= 15 is 0 Å². The lowest BCUT2D eigenvalue weighted by Gasteiger charge is -2.36. The third-order valence-corrected chi connectivity index (χ3v) is 5.83. The number of likely N-dealkylation sites (tertiary alicyclic amines) is 1. The Hall–Kier alpha value is -2.99. The van der Waals surface area contributed by atoms with Crippen LogP contribution in [0, 0.1) is 6.92 Å². The van der Waals surface area contributed by atoms with Gasteiger partial charge in [0.1, 0.15) is 11.2 Å². The van der Waals surface area contributed by atoms with E-state index in [9.17, 15) is 9.59 Å². The molecule has 1 aliphatic heterocycles. The van der Waals surface area contributed by atoms with E-state index in [1.165, 1.54) is 16.2 Å². The molecule has 0 radical (unpaired) electrons. The Kier molecular flexibility index (Phi) is 5.45. The molecule has 6 nitrogen and oxygen atoms in total. The van der Waals surface area contributed by atoms with Crippen LogP contribution >= 0.6 is 0 Å². The van der Waals surface area contributed by atoms with Crippen LogP contribution in [0.1, 0.15) is 34.3 Å². The van der Waals surface area contributed by atoms with Gasteiger partial charge < -0.3 is 4.90 Å². The number of amides is 1. The van der Waals surface area contributed by atoms with Crippen LogP contribution in [0.3, 0.4) is 0 Å². The number of aryl methyl sites for hydroxylation is 1. The van der Waals surface area contributed by atoms with Crippen molar-refractivity contribution in [1.29, 1.82) is 0 Å². The molecule has 4 rings (SSSR count). The van der Waals surface area contributed by atoms with Gasteiger partial charge in [-0.05, 0) is 37.0 Å². The lowest BCUT2D eigenvalue weighted by Crippen LogP contribution is -2.46. The molecule has 1 aliphatic rings. The SMILES string of the molecule is Cc1cccn2c(=O)c(C(=O)N(C)C3CCN(Cc4ccccc4)CC3)cnc12. The second-order valence-electron chi connectivity index (χ2n) is 7.77. The second kappa shape index (κ2) is 8.17. The number of pyridine rings is 1. The van der Waals surface area contributed by atoms with Crippen molar-refractivity contribution in [3.05, 3.63) is 81.9 Å². The molecule has 1 fully saturated rings. The zero-order valence-corrected chi connectivity index (χ0v) is 16.9. The average Bonchev–Trinajstić information content (AvgIpc) is 2.75. The first-order chi connectivity index (χ1) is 14.0. The minimum absolute atomic E-state index is 0.127. The fraction of sp³-hybridized carbons (Fsp3) is 0.348. The normalized spacial score (nSPS) is 15.5. The molecule has 29 heavy (non-hydrogen) atoms. The van der Waals surface area contributed by atoms with Crippen LogP contribution in [0.15, 0.2) is 59.7 Å². The van der Waals surface area contributed by atoms with Crippen molar-refractivity contribution in [3.8, 4) is 0 Å². The number of fused-ring (bicyclic) bond motifs is 1. The van der Waals surface area contributed by atoms with E-state index < -0.39 is 0 Å². The lowest BCUT2D eigenvalue weighted by atomic mass is 10.0. The zero-order valence-electron chi connectivity index (χ0n) is 16.9. The Labute approximate surface area is 170 Å². The molecule has 0 saturated carbocycles. The van der Waals surface area contributed by atoms with Crippen LogP contribution in [0.5, 0.6) is 0 Å². The molecule has 0 spiro atoms. The maximum absolute atomic E-state index is 13.0. The van der Waals surface area contributed by atoms with Gasteiger partial charge in [-0.2, -0.15) is 0 Å². The van der Waals surface area contributed by atoms with E-state index in [-0.39, 0.29) is 23.1 Å². The molecule has 0 aliphatic carbocycles. The Bertz CT molecular complexity index is 1070. The number of nitrogens with zero attached hydrogens (tertiary/aromatic N) is 4. The van der Waals surface area contributed by atoms with E-state index in [1.54, 1.807) is 24.2 Å². The summed E-state index contributed by atoms with van der Waals surface area (Å²) in [5.74, 6) is -0.250. The molecule has 1 saturated heterocycles. The van der Waals surface area contributed by atoms with Gasteiger partial charge in [-0.25, -0.2) is 4.98 Å². The summed E-state index contributed by atoms with van der Waals surface area (Å²) in [5.41, 5.74) is 2.62. The highest BCUT2D eigenvalue weighted by molar-refractivity contribution is 5.93. The molecule has 0 bridgehead atoms. The average molecular weight is 390 g/mol. The van der Waals surface area contributed by atoms with Crippen LogP contribution in [-0.4, -0.2) is 51.3 Å². The fourth-order valence-electron chi connectivity index (χ4n) is 4.06. The van der Waals surface area contributed by atoms with Gasteiger partial charge in [-0.3, -0.25) is 18.9 Å². The monoisotopic (exact) mass is 390 g/mol. The van der Waals surface area contributed by atoms with E-state index in [1.807, 2.05) is 19.1 Å². The van der Waals surface area contributed by atoms with Gasteiger partial charge in [0.05, 0.1) is 0 Å². The van der Waals surface area contributed by atoms with E-state index in [2.05, 4.69) is 34.1 Å². The Morgan fingerprint density at radius 3 is 2.59 bits per heavy atom. The third-order valence-electron chi connectivity index (χ3n) is 5.83. The predicted octanol–water partition coefficient (Wildman–Crippen LogP) is 2.74. The number of carbonyl (C=O) groups excluding carboxylic acids is 1. The molecular formula is C23H26N4O2. The minimum atomic E-state index is -0.308. The maximum Gasteiger partial charge on any atom is 0.270 e. The van der Waals surface area contributed by atoms with Gasteiger partial charge in [0.2, 0.25) is 0 Å². The van der Waals surface area contributed by atoms with Crippen molar-refractivity contribution < 1.29 is 4.79 Å². The van der Waals surface area contributed by atoms with Crippen molar-refractivity contribution in [3.63, 3.8) is 0 Å². The first-order valence-electron chi connectivity index (χ1n) is 10.0. The molecule has 3 heterocycles. The zero-order chi connectivity index (χ0) is 20.4. The largest absolute Gasteiger partial charge is 0.338 e. The second-order valence-corrected chi connectivity index (χ2v) is 7.77. The molecular weight excluding hydrogens is 364 g/mol. The van der Waals surface area contributed by atoms with Gasteiger partial charge in [0, 0.05) is 45.1 Å². The molecule has 6 heteroatoms. The highest BCUT2D eigenvalue weighted by Gasteiger charge is 2.27. The molecule has 3 aromatic rings. The fourth-order valence-corrected chi connectivity index (χ4v) is 4.06. The van der Waals surface area contributed by atoms with Crippen molar-refractivity contribution in [2.24, 2.45) is 0 Å². The first-order valence-corrected chi connectivity index (χ1v) is 10.0. The molecule has 0 atom stereocenters. The van der Waals surface area contributed by atoms with Gasteiger partial charge in [0.25, 0.3) is 11.5 Å². The van der Waals surface area contributed by atoms with E-state index in [4.69, 9.17) is 0 Å². The van der Waals surface area contributed by atoms with Gasteiger partial charge in [-0.1, -0.05) is 36.4 Å². The van der Waals surface area contributed by atoms with Crippen LogP contribution in [0.2, 0.25) is 0 Å². The van der Waals surface area contributed by atoms with Crippen molar-refractivity contribution in [1.82, 2.24) is 19.2 Å². The van der Waals surface area contributed by atoms with Gasteiger partial charge >= 0.3 is 0 Å². The van der Waals surface area contributed by atoms with Crippen LogP contribution < -0.4 is 5.56 Å². The Morgan fingerprint density at radius 2 is 1.86 bits per heavy atom. The number of carbonyl (C=O) groups is 1. The summed E-state index contributed by atoms with van der Waals surface area (Å²) >= 11 is 0. The summed E-state index contributed by atoms with van der Waals surface area (Å²) < 4.78 is 1.46. The highest BCUT2D eigenvalue weighted by atomic mass is 16.2. The predicted molar refractivity (Wildman–Crippen MR) is 113 cm³/mol. The number of hydrogen-bond donors (Lipinski definition) is 0. The molecule has 0 unspecified atom stereocenters. The van der Waals surface area contributed by atoms with Crippen LogP contribution in [0.25, 0.3) is 5.65 Å². The number of hydrogen-bond acceptors (Lipinski definition) is 4. The summed E-state index contributed by atoms with van der Waals surface area (Å²) in [7, 11) is 1.80. The number of piperidine rings is 1. The summed E-state index contributed by atoms with van der Waals surface area (Å²) in [6, 6.07) is 14.3. The first kappa shape index (κ1) is 19.3. The lowest BCUT2D eigenvalue weighted by molar-refractivity contribution is 0.0634. The molecule has 0 N–H and O–H groups in total. The summed E-state index contributed by atoms with van der Waals surface area (Å²) in [5, 5.41) is 0. The van der Waals surface area contributed by atoms with Crippen LogP contribution in [-0.2, 0) is 6.54 Å². The maximum atomic E-state index is 13.0. The molecule has 1 aromatic carbocycles. The molecule has 1 amide bonds. The van der Waals surface area contributed by atoms with E-state index in [0.29, 0.717) is 5.65 Å². The number of benzene rings is 1. The number of rotatable bonds is 4. The standard InChI is InChI=1S/C23H26N4O2/c1-17-7-6-12-27-21(17)24-15-20(23(27)29)22(28)25(2)19-10-13-26(14-11-19)16-18-8-4-3-5-9-18/h3-9,12,15,19H,10-11,13-14,16H2,1-2H3. The topological polar surface area (TPSA) is 57.9 Å². The summed E-state index contributed by atoms with van der Waals surface area (Å²) in [6.45, 7) is 4.70.